The summed E-state index contributed by atoms with van der Waals surface area (Å²) >= 11 is 0. The maximum Gasteiger partial charge on any atom is 0.326 e. The average Bonchev–Trinajstić information content (AvgIpc) is 2.20. The number of benzene rings is 1. The fourth-order valence-electron chi connectivity index (χ4n) is 1.91. The quantitative estimate of drug-likeness (QED) is 0.634. The molecule has 7 nitrogen and oxygen atoms in total. The summed E-state index contributed by atoms with van der Waals surface area (Å²) in [7, 11) is -4.41. The second-order valence-corrected chi connectivity index (χ2v) is 5.34. The minimum atomic E-state index is -4.41. The van der Waals surface area contributed by atoms with Gasteiger partial charge in [-0.05, 0) is 31.0 Å². The zero-order valence-electron chi connectivity index (χ0n) is 9.57. The van der Waals surface area contributed by atoms with Crippen LogP contribution in [0.25, 0.3) is 10.9 Å². The van der Waals surface area contributed by atoms with Crippen LogP contribution in [0.15, 0.2) is 20.6 Å². The highest BCUT2D eigenvalue weighted by molar-refractivity contribution is 7.85. The van der Waals surface area contributed by atoms with Gasteiger partial charge in [-0.1, -0.05) is 0 Å². The molecule has 1 aromatic carbocycles. The summed E-state index contributed by atoms with van der Waals surface area (Å²) in [5, 5.41) is 0.194. The van der Waals surface area contributed by atoms with Crippen LogP contribution < -0.4 is 11.2 Å². The van der Waals surface area contributed by atoms with Crippen LogP contribution in [0.4, 0.5) is 0 Å². The van der Waals surface area contributed by atoms with Crippen LogP contribution in [-0.2, 0) is 10.1 Å². The Kier molecular flexibility index (Phi) is 2.63. The summed E-state index contributed by atoms with van der Waals surface area (Å²) < 4.78 is 31.5. The third-order valence-corrected chi connectivity index (χ3v) is 3.69. The van der Waals surface area contributed by atoms with Crippen LogP contribution in [0.3, 0.4) is 0 Å². The summed E-state index contributed by atoms with van der Waals surface area (Å²) in [6.07, 6.45) is 0. The third kappa shape index (κ3) is 1.85. The molecule has 8 heteroatoms. The Morgan fingerprint density at radius 2 is 1.78 bits per heavy atom. The van der Waals surface area contributed by atoms with Gasteiger partial charge in [0.05, 0.1) is 15.8 Å². The summed E-state index contributed by atoms with van der Waals surface area (Å²) in [6, 6.07) is 1.19. The van der Waals surface area contributed by atoms with E-state index in [4.69, 9.17) is 4.55 Å². The third-order valence-electron chi connectivity index (χ3n) is 2.71. The molecule has 0 amide bonds. The highest BCUT2D eigenvalue weighted by Gasteiger charge is 2.18. The molecular weight excluding hydrogens is 260 g/mol. The van der Waals surface area contributed by atoms with E-state index in [1.807, 2.05) is 0 Å². The first-order valence-corrected chi connectivity index (χ1v) is 6.40. The van der Waals surface area contributed by atoms with Crippen molar-refractivity contribution in [1.29, 1.82) is 0 Å². The molecule has 0 fully saturated rings. The summed E-state index contributed by atoms with van der Waals surface area (Å²) in [5.41, 5.74) is -0.753. The molecule has 3 N–H and O–H groups in total. The number of nitrogens with one attached hydrogen (secondary N) is 2. The first-order chi connectivity index (χ1) is 8.21. The molecule has 1 heterocycles. The Labute approximate surface area is 101 Å². The Morgan fingerprint density at radius 1 is 1.17 bits per heavy atom. The summed E-state index contributed by atoms with van der Waals surface area (Å²) in [5.74, 6) is 0. The van der Waals surface area contributed by atoms with Gasteiger partial charge in [0.25, 0.3) is 15.7 Å². The van der Waals surface area contributed by atoms with Gasteiger partial charge in [0.15, 0.2) is 0 Å². The molecule has 0 radical (unpaired) electrons. The number of aryl methyl sites for hydroxylation is 2. The molecule has 96 valence electrons. The SMILES string of the molecule is Cc1c(S(=O)(=O)O)cc(C)c2c(=O)[nH]c(=O)[nH]c12. The van der Waals surface area contributed by atoms with E-state index in [2.05, 4.69) is 9.97 Å². The fourth-order valence-corrected chi connectivity index (χ4v) is 2.73. The Hall–Kier alpha value is -1.93. The lowest BCUT2D eigenvalue weighted by molar-refractivity contribution is 0.482. The van der Waals surface area contributed by atoms with Crippen molar-refractivity contribution in [2.24, 2.45) is 0 Å². The normalized spacial score (nSPS) is 11.9. The zero-order valence-corrected chi connectivity index (χ0v) is 10.4. The second kappa shape index (κ2) is 3.79. The van der Waals surface area contributed by atoms with Crippen molar-refractivity contribution in [3.05, 3.63) is 38.0 Å². The van der Waals surface area contributed by atoms with E-state index in [0.717, 1.165) is 0 Å². The van der Waals surface area contributed by atoms with Gasteiger partial charge in [0.2, 0.25) is 0 Å². The second-order valence-electron chi connectivity index (χ2n) is 3.95. The number of aromatic nitrogens is 2. The van der Waals surface area contributed by atoms with Crippen LogP contribution in [0, 0.1) is 13.8 Å². The Balaban J connectivity index is 3.15. The van der Waals surface area contributed by atoms with Gasteiger partial charge in [0, 0.05) is 0 Å². The maximum absolute atomic E-state index is 11.6. The summed E-state index contributed by atoms with van der Waals surface area (Å²) in [4.78, 5) is 27.0. The molecule has 0 aliphatic heterocycles. The van der Waals surface area contributed by atoms with Crippen molar-refractivity contribution in [1.82, 2.24) is 9.97 Å². The van der Waals surface area contributed by atoms with Crippen LogP contribution in [0.5, 0.6) is 0 Å². The fraction of sp³-hybridized carbons (Fsp3) is 0.200. The van der Waals surface area contributed by atoms with Gasteiger partial charge >= 0.3 is 5.69 Å². The van der Waals surface area contributed by atoms with Crippen molar-refractivity contribution in [2.45, 2.75) is 18.7 Å². The lowest BCUT2D eigenvalue weighted by atomic mass is 10.1. The smallest absolute Gasteiger partial charge is 0.307 e. The molecule has 0 atom stereocenters. The number of rotatable bonds is 1. The molecule has 0 saturated carbocycles. The highest BCUT2D eigenvalue weighted by Crippen LogP contribution is 2.23. The van der Waals surface area contributed by atoms with E-state index < -0.39 is 21.4 Å². The standard InChI is InChI=1S/C10H10N2O5S/c1-4-3-6(18(15,16)17)5(2)8-7(4)9(13)12-10(14)11-8/h3H,1-2H3,(H,15,16,17)(H2,11,12,13,14). The van der Waals surface area contributed by atoms with E-state index >= 15 is 0 Å². The molecule has 2 aromatic rings. The van der Waals surface area contributed by atoms with Crippen molar-refractivity contribution < 1.29 is 13.0 Å². The van der Waals surface area contributed by atoms with Crippen LogP contribution in [0.2, 0.25) is 0 Å². The molecular formula is C10H10N2O5S. The van der Waals surface area contributed by atoms with Gasteiger partial charge in [-0.3, -0.25) is 14.3 Å². The lowest BCUT2D eigenvalue weighted by Crippen LogP contribution is -2.23. The first kappa shape index (κ1) is 12.5. The molecule has 18 heavy (non-hydrogen) atoms. The number of H-pyrrole nitrogens is 2. The van der Waals surface area contributed by atoms with Gasteiger partial charge in [-0.15, -0.1) is 0 Å². The van der Waals surface area contributed by atoms with Crippen LogP contribution in [-0.4, -0.2) is 22.9 Å². The van der Waals surface area contributed by atoms with E-state index in [-0.39, 0.29) is 21.4 Å². The Morgan fingerprint density at radius 3 is 2.33 bits per heavy atom. The van der Waals surface area contributed by atoms with Crippen molar-refractivity contribution in [3.8, 4) is 0 Å². The first-order valence-electron chi connectivity index (χ1n) is 4.96. The average molecular weight is 270 g/mol. The van der Waals surface area contributed by atoms with Gasteiger partial charge in [-0.2, -0.15) is 8.42 Å². The van der Waals surface area contributed by atoms with Crippen LogP contribution in [0.1, 0.15) is 11.1 Å². The molecule has 0 bridgehead atoms. The van der Waals surface area contributed by atoms with E-state index in [1.54, 1.807) is 0 Å². The van der Waals surface area contributed by atoms with Crippen molar-refractivity contribution >= 4 is 21.0 Å². The minimum Gasteiger partial charge on any atom is -0.307 e. The summed E-state index contributed by atoms with van der Waals surface area (Å²) in [6.45, 7) is 2.92. The number of aromatic amines is 2. The van der Waals surface area contributed by atoms with E-state index in [9.17, 15) is 18.0 Å². The van der Waals surface area contributed by atoms with Crippen molar-refractivity contribution in [2.75, 3.05) is 0 Å². The number of fused-ring (bicyclic) bond motifs is 1. The minimum absolute atomic E-state index is 0.108. The van der Waals surface area contributed by atoms with Gasteiger partial charge in [-0.25, -0.2) is 4.79 Å². The predicted octanol–water partition coefficient (Wildman–Crippen LogP) is 0.0799. The molecule has 0 spiro atoms. The number of hydrogen-bond acceptors (Lipinski definition) is 4. The monoisotopic (exact) mass is 270 g/mol. The molecule has 0 unspecified atom stereocenters. The zero-order chi connectivity index (χ0) is 13.7. The van der Waals surface area contributed by atoms with Crippen LogP contribution >= 0.6 is 0 Å². The molecule has 0 saturated heterocycles. The topological polar surface area (TPSA) is 120 Å². The largest absolute Gasteiger partial charge is 0.326 e. The lowest BCUT2D eigenvalue weighted by Gasteiger charge is -2.08. The van der Waals surface area contributed by atoms with Crippen molar-refractivity contribution in [3.63, 3.8) is 0 Å². The van der Waals surface area contributed by atoms with Gasteiger partial charge < -0.3 is 4.98 Å². The molecule has 1 aromatic heterocycles. The molecule has 0 aliphatic rings. The molecule has 2 rings (SSSR count). The Bertz CT molecular complexity index is 860. The van der Waals surface area contributed by atoms with E-state index in [1.165, 1.54) is 19.9 Å². The number of hydrogen-bond donors (Lipinski definition) is 3. The predicted molar refractivity (Wildman–Crippen MR) is 64.5 cm³/mol. The highest BCUT2D eigenvalue weighted by atomic mass is 32.2. The maximum atomic E-state index is 11.6. The van der Waals surface area contributed by atoms with Gasteiger partial charge in [0.1, 0.15) is 0 Å². The molecule has 0 aliphatic carbocycles. The van der Waals surface area contributed by atoms with E-state index in [0.29, 0.717) is 5.56 Å².